The zero-order valence-corrected chi connectivity index (χ0v) is 8.08. The predicted octanol–water partition coefficient (Wildman–Crippen LogP) is -0.110. The van der Waals surface area contributed by atoms with Crippen LogP contribution in [-0.4, -0.2) is 35.8 Å². The third-order valence-corrected chi connectivity index (χ3v) is 2.69. The van der Waals surface area contributed by atoms with E-state index >= 15 is 0 Å². The van der Waals surface area contributed by atoms with Gasteiger partial charge in [-0.15, -0.1) is 0 Å². The van der Waals surface area contributed by atoms with Gasteiger partial charge in [-0.05, 0) is 20.3 Å². The lowest BCUT2D eigenvalue weighted by Gasteiger charge is -2.28. The zero-order chi connectivity index (χ0) is 9.90. The lowest BCUT2D eigenvalue weighted by atomic mass is 9.95. The summed E-state index contributed by atoms with van der Waals surface area (Å²) < 4.78 is 5.43. The van der Waals surface area contributed by atoms with Gasteiger partial charge in [0.2, 0.25) is 0 Å². The van der Waals surface area contributed by atoms with Crippen molar-refractivity contribution >= 4 is 5.84 Å². The van der Waals surface area contributed by atoms with Crippen LogP contribution in [0.4, 0.5) is 0 Å². The topological polar surface area (TPSA) is 79.9 Å². The van der Waals surface area contributed by atoms with Crippen molar-refractivity contribution in [3.05, 3.63) is 0 Å². The number of oxime groups is 1. The molecule has 0 spiro atoms. The molecule has 1 saturated heterocycles. The number of nitrogens with two attached hydrogens (primary N) is 1. The van der Waals surface area contributed by atoms with Crippen LogP contribution < -0.4 is 11.1 Å². The quantitative estimate of drug-likeness (QED) is 0.249. The minimum atomic E-state index is -0.0602. The van der Waals surface area contributed by atoms with Crippen molar-refractivity contribution in [2.24, 2.45) is 10.9 Å². The van der Waals surface area contributed by atoms with Crippen molar-refractivity contribution in [3.8, 4) is 0 Å². The van der Waals surface area contributed by atoms with Crippen LogP contribution in [0.25, 0.3) is 0 Å². The molecule has 1 fully saturated rings. The molecule has 0 bridgehead atoms. The van der Waals surface area contributed by atoms with E-state index in [1.165, 1.54) is 0 Å². The van der Waals surface area contributed by atoms with E-state index in [2.05, 4.69) is 17.4 Å². The Labute approximate surface area is 77.9 Å². The van der Waals surface area contributed by atoms with Gasteiger partial charge in [0.15, 0.2) is 5.84 Å². The lowest BCUT2D eigenvalue weighted by molar-refractivity contribution is 0.0903. The van der Waals surface area contributed by atoms with Gasteiger partial charge in [-0.25, -0.2) is 0 Å². The molecule has 5 nitrogen and oxygen atoms in total. The summed E-state index contributed by atoms with van der Waals surface area (Å²) in [4.78, 5) is 0. The van der Waals surface area contributed by atoms with Gasteiger partial charge in [-0.2, -0.15) is 0 Å². The minimum Gasteiger partial charge on any atom is -0.409 e. The van der Waals surface area contributed by atoms with E-state index in [4.69, 9.17) is 15.7 Å². The van der Waals surface area contributed by atoms with Gasteiger partial charge in [-0.3, -0.25) is 0 Å². The van der Waals surface area contributed by atoms with Crippen molar-refractivity contribution in [2.45, 2.75) is 31.9 Å². The Bertz CT molecular complexity index is 208. The molecule has 76 valence electrons. The fourth-order valence-electron chi connectivity index (χ4n) is 1.39. The summed E-state index contributed by atoms with van der Waals surface area (Å²) in [7, 11) is 0. The molecular weight excluding hydrogens is 170 g/mol. The molecule has 0 amide bonds. The van der Waals surface area contributed by atoms with Crippen LogP contribution in [0.1, 0.15) is 20.3 Å². The Kier molecular flexibility index (Phi) is 3.11. The van der Waals surface area contributed by atoms with E-state index in [-0.39, 0.29) is 17.5 Å². The lowest BCUT2D eigenvalue weighted by Crippen LogP contribution is -2.50. The Hall–Kier alpha value is -0.810. The SMILES string of the molecule is CC1OCCC1(C)NC/C(N)=N/O. The number of nitrogens with zero attached hydrogens (tertiary/aromatic N) is 1. The highest BCUT2D eigenvalue weighted by atomic mass is 16.5. The number of rotatable bonds is 3. The largest absolute Gasteiger partial charge is 0.409 e. The highest BCUT2D eigenvalue weighted by molar-refractivity contribution is 5.81. The second kappa shape index (κ2) is 3.93. The van der Waals surface area contributed by atoms with Crippen molar-refractivity contribution < 1.29 is 9.94 Å². The highest BCUT2D eigenvalue weighted by Gasteiger charge is 2.36. The second-order valence-corrected chi connectivity index (χ2v) is 3.63. The number of hydrogen-bond acceptors (Lipinski definition) is 4. The standard InChI is InChI=1S/C8H17N3O2/c1-6-8(2,3-4-13-6)10-5-7(9)11-12/h6,10,12H,3-5H2,1-2H3,(H2,9,11). The fraction of sp³-hybridized carbons (Fsp3) is 0.875. The van der Waals surface area contributed by atoms with E-state index < -0.39 is 0 Å². The predicted molar refractivity (Wildman–Crippen MR) is 49.8 cm³/mol. The van der Waals surface area contributed by atoms with Crippen LogP contribution in [0.15, 0.2) is 5.16 Å². The molecule has 2 atom stereocenters. The maximum atomic E-state index is 8.35. The van der Waals surface area contributed by atoms with E-state index in [9.17, 15) is 0 Å². The first-order valence-corrected chi connectivity index (χ1v) is 4.41. The summed E-state index contributed by atoms with van der Waals surface area (Å²) in [5.74, 6) is 0.195. The van der Waals surface area contributed by atoms with Crippen LogP contribution in [0.3, 0.4) is 0 Å². The molecule has 2 unspecified atom stereocenters. The number of nitrogens with one attached hydrogen (secondary N) is 1. The average Bonchev–Trinajstić information content (AvgIpc) is 2.44. The van der Waals surface area contributed by atoms with Crippen molar-refractivity contribution in [3.63, 3.8) is 0 Å². The first-order valence-electron chi connectivity index (χ1n) is 4.41. The molecule has 0 aliphatic carbocycles. The van der Waals surface area contributed by atoms with Crippen LogP contribution in [0.5, 0.6) is 0 Å². The molecule has 0 radical (unpaired) electrons. The molecule has 5 heteroatoms. The molecule has 1 aliphatic rings. The van der Waals surface area contributed by atoms with Crippen LogP contribution in [0.2, 0.25) is 0 Å². The van der Waals surface area contributed by atoms with Crippen molar-refractivity contribution in [1.29, 1.82) is 0 Å². The molecular formula is C8H17N3O2. The molecule has 13 heavy (non-hydrogen) atoms. The van der Waals surface area contributed by atoms with Crippen molar-refractivity contribution in [1.82, 2.24) is 5.32 Å². The highest BCUT2D eigenvalue weighted by Crippen LogP contribution is 2.24. The van der Waals surface area contributed by atoms with Gasteiger partial charge < -0.3 is 21.0 Å². The minimum absolute atomic E-state index is 0.0602. The van der Waals surface area contributed by atoms with Gasteiger partial charge in [0, 0.05) is 12.1 Å². The number of amidine groups is 1. The van der Waals surface area contributed by atoms with Gasteiger partial charge in [-0.1, -0.05) is 5.16 Å². The summed E-state index contributed by atoms with van der Waals surface area (Å²) in [5.41, 5.74) is 5.29. The zero-order valence-electron chi connectivity index (χ0n) is 8.08. The monoisotopic (exact) mass is 187 g/mol. The summed E-state index contributed by atoms with van der Waals surface area (Å²) in [6, 6.07) is 0. The maximum Gasteiger partial charge on any atom is 0.153 e. The Morgan fingerprint density at radius 2 is 2.54 bits per heavy atom. The molecule has 1 rings (SSSR count). The molecule has 1 aliphatic heterocycles. The third-order valence-electron chi connectivity index (χ3n) is 2.69. The number of hydrogen-bond donors (Lipinski definition) is 3. The van der Waals surface area contributed by atoms with E-state index in [1.807, 2.05) is 6.92 Å². The smallest absolute Gasteiger partial charge is 0.153 e. The summed E-state index contributed by atoms with van der Waals surface area (Å²) in [5, 5.41) is 14.5. The van der Waals surface area contributed by atoms with E-state index in [0.717, 1.165) is 13.0 Å². The Morgan fingerprint density at radius 1 is 1.85 bits per heavy atom. The molecule has 0 aromatic heterocycles. The molecule has 0 saturated carbocycles. The van der Waals surface area contributed by atoms with Gasteiger partial charge in [0.25, 0.3) is 0 Å². The molecule has 0 aromatic rings. The van der Waals surface area contributed by atoms with Crippen LogP contribution >= 0.6 is 0 Å². The first kappa shape index (κ1) is 10.3. The van der Waals surface area contributed by atoms with Crippen LogP contribution in [-0.2, 0) is 4.74 Å². The fourth-order valence-corrected chi connectivity index (χ4v) is 1.39. The third kappa shape index (κ3) is 2.32. The molecule has 0 aromatic carbocycles. The van der Waals surface area contributed by atoms with Crippen molar-refractivity contribution in [2.75, 3.05) is 13.2 Å². The molecule has 1 heterocycles. The van der Waals surface area contributed by atoms with E-state index in [0.29, 0.717) is 6.54 Å². The maximum absolute atomic E-state index is 8.35. The van der Waals surface area contributed by atoms with E-state index in [1.54, 1.807) is 0 Å². The molecule has 4 N–H and O–H groups in total. The van der Waals surface area contributed by atoms with Gasteiger partial charge >= 0.3 is 0 Å². The summed E-state index contributed by atoms with van der Waals surface area (Å²) in [6.07, 6.45) is 1.12. The first-order chi connectivity index (χ1) is 6.08. The summed E-state index contributed by atoms with van der Waals surface area (Å²) >= 11 is 0. The normalized spacial score (nSPS) is 35.2. The Balaban J connectivity index is 2.43. The number of ether oxygens (including phenoxy) is 1. The second-order valence-electron chi connectivity index (χ2n) is 3.63. The Morgan fingerprint density at radius 3 is 3.00 bits per heavy atom. The van der Waals surface area contributed by atoms with Gasteiger partial charge in [0.05, 0.1) is 12.6 Å². The average molecular weight is 187 g/mol. The van der Waals surface area contributed by atoms with Crippen LogP contribution in [0, 0.1) is 0 Å². The van der Waals surface area contributed by atoms with Gasteiger partial charge in [0.1, 0.15) is 0 Å². The summed E-state index contributed by atoms with van der Waals surface area (Å²) in [6.45, 7) is 5.25.